The maximum Gasteiger partial charge on any atom is 0.152 e. The van der Waals surface area contributed by atoms with Gasteiger partial charge in [0.25, 0.3) is 0 Å². The van der Waals surface area contributed by atoms with Crippen molar-refractivity contribution in [2.75, 3.05) is 5.75 Å². The first-order valence-corrected chi connectivity index (χ1v) is 4.27. The van der Waals surface area contributed by atoms with Crippen LogP contribution in [0, 0.1) is 6.92 Å². The van der Waals surface area contributed by atoms with E-state index in [0.29, 0.717) is 0 Å². The Bertz CT molecular complexity index is 144. The molecule has 0 N–H and O–H groups in total. The Balaban J connectivity index is 4.17. The fraction of sp³-hybridized carbons (Fsp3) is 0.800. The third-order valence-electron chi connectivity index (χ3n) is 1.02. The van der Waals surface area contributed by atoms with Crippen molar-refractivity contribution in [1.29, 1.82) is 0 Å². The molecule has 1 unspecified atom stereocenters. The second-order valence-corrected chi connectivity index (χ2v) is 4.47. The Labute approximate surface area is 50.8 Å². The second-order valence-electron chi connectivity index (χ2n) is 1.76. The smallest absolute Gasteiger partial charge is 0.152 e. The molecule has 3 heteroatoms. The molecule has 0 spiro atoms. The Morgan fingerprint density at radius 1 is 1.62 bits per heavy atom. The van der Waals surface area contributed by atoms with Crippen molar-refractivity contribution in [2.45, 2.75) is 19.1 Å². The molecule has 0 bridgehead atoms. The van der Waals surface area contributed by atoms with Crippen LogP contribution in [-0.4, -0.2) is 19.4 Å². The van der Waals surface area contributed by atoms with Crippen LogP contribution >= 0.6 is 0 Å². The lowest BCUT2D eigenvalue weighted by atomic mass is 10.6. The zero-order valence-electron chi connectivity index (χ0n) is 5.22. The van der Waals surface area contributed by atoms with Crippen molar-refractivity contribution < 1.29 is 8.42 Å². The summed E-state index contributed by atoms with van der Waals surface area (Å²) >= 11 is 0. The van der Waals surface area contributed by atoms with Gasteiger partial charge in [-0.2, -0.15) is 0 Å². The van der Waals surface area contributed by atoms with Crippen LogP contribution in [0.1, 0.15) is 13.8 Å². The highest BCUT2D eigenvalue weighted by Crippen LogP contribution is 1.97. The average molecular weight is 135 g/mol. The number of rotatable bonds is 2. The summed E-state index contributed by atoms with van der Waals surface area (Å²) in [6.45, 7) is 6.60. The van der Waals surface area contributed by atoms with Crippen LogP contribution in [0.5, 0.6) is 0 Å². The summed E-state index contributed by atoms with van der Waals surface area (Å²) in [5.74, 6) is 0.192. The van der Waals surface area contributed by atoms with Gasteiger partial charge in [-0.15, -0.1) is 0 Å². The first kappa shape index (κ1) is 7.95. The van der Waals surface area contributed by atoms with Gasteiger partial charge in [0.1, 0.15) is 0 Å². The molecule has 8 heavy (non-hydrogen) atoms. The lowest BCUT2D eigenvalue weighted by Crippen LogP contribution is -2.15. The third kappa shape index (κ3) is 1.82. The van der Waals surface area contributed by atoms with Gasteiger partial charge < -0.3 is 0 Å². The van der Waals surface area contributed by atoms with Crippen LogP contribution in [0.4, 0.5) is 0 Å². The molecule has 0 aromatic heterocycles. The number of hydrogen-bond acceptors (Lipinski definition) is 2. The summed E-state index contributed by atoms with van der Waals surface area (Å²) < 4.78 is 21.3. The Morgan fingerprint density at radius 3 is 2.00 bits per heavy atom. The van der Waals surface area contributed by atoms with Gasteiger partial charge in [-0.1, -0.05) is 6.92 Å². The standard InChI is InChI=1S/C5H11O2S/c1-4-8(6,7)5(2)3/h5H,2,4H2,1,3H3. The SMILES string of the molecule is [CH2]C(C)S(=O)(=O)CC. The van der Waals surface area contributed by atoms with Crippen LogP contribution in [0.3, 0.4) is 0 Å². The molecule has 0 aliphatic rings. The first-order chi connectivity index (χ1) is 3.50. The van der Waals surface area contributed by atoms with Crippen molar-refractivity contribution >= 4 is 9.84 Å². The normalized spacial score (nSPS) is 12.5. The highest BCUT2D eigenvalue weighted by molar-refractivity contribution is 7.92. The molecule has 0 saturated carbocycles. The number of sulfone groups is 1. The highest BCUT2D eigenvalue weighted by atomic mass is 32.2. The minimum absolute atomic E-state index is 0.192. The second kappa shape index (κ2) is 2.49. The van der Waals surface area contributed by atoms with E-state index < -0.39 is 15.1 Å². The molecule has 0 amide bonds. The van der Waals surface area contributed by atoms with Crippen LogP contribution in [0.2, 0.25) is 0 Å². The minimum Gasteiger partial charge on any atom is -0.229 e. The van der Waals surface area contributed by atoms with Gasteiger partial charge in [0.15, 0.2) is 9.84 Å². The van der Waals surface area contributed by atoms with Crippen molar-refractivity contribution in [3.8, 4) is 0 Å². The summed E-state index contributed by atoms with van der Waals surface area (Å²) in [7, 11) is -2.85. The summed E-state index contributed by atoms with van der Waals surface area (Å²) in [6, 6.07) is 0. The Hall–Kier alpha value is -0.0500. The van der Waals surface area contributed by atoms with E-state index in [4.69, 9.17) is 0 Å². The molecule has 1 atom stereocenters. The largest absolute Gasteiger partial charge is 0.229 e. The summed E-state index contributed by atoms with van der Waals surface area (Å²) in [5.41, 5.74) is 0. The van der Waals surface area contributed by atoms with E-state index in [1.165, 1.54) is 0 Å². The fourth-order valence-electron chi connectivity index (χ4n) is 0.285. The van der Waals surface area contributed by atoms with Gasteiger partial charge in [0, 0.05) is 5.75 Å². The summed E-state index contributed by atoms with van der Waals surface area (Å²) in [6.07, 6.45) is 0. The monoisotopic (exact) mass is 135 g/mol. The molecule has 2 nitrogen and oxygen atoms in total. The third-order valence-corrected chi connectivity index (χ3v) is 3.05. The molecule has 0 rings (SSSR count). The van der Waals surface area contributed by atoms with Crippen LogP contribution in [0.15, 0.2) is 0 Å². The van der Waals surface area contributed by atoms with E-state index in [-0.39, 0.29) is 5.75 Å². The Kier molecular flexibility index (Phi) is 2.47. The van der Waals surface area contributed by atoms with E-state index in [0.717, 1.165) is 0 Å². The maximum absolute atomic E-state index is 10.6. The van der Waals surface area contributed by atoms with E-state index in [9.17, 15) is 8.42 Å². The quantitative estimate of drug-likeness (QED) is 0.557. The van der Waals surface area contributed by atoms with Gasteiger partial charge >= 0.3 is 0 Å². The van der Waals surface area contributed by atoms with Gasteiger partial charge in [-0.05, 0) is 13.8 Å². The molecular weight excluding hydrogens is 124 g/mol. The molecular formula is C5H11O2S. The highest BCUT2D eigenvalue weighted by Gasteiger charge is 2.11. The minimum atomic E-state index is -2.85. The summed E-state index contributed by atoms with van der Waals surface area (Å²) in [5, 5.41) is -0.465. The number of hydrogen-bond donors (Lipinski definition) is 0. The lowest BCUT2D eigenvalue weighted by molar-refractivity contribution is 0.592. The molecule has 0 aliphatic carbocycles. The predicted octanol–water partition coefficient (Wildman–Crippen LogP) is 0.644. The predicted molar refractivity (Wildman–Crippen MR) is 34.3 cm³/mol. The Morgan fingerprint density at radius 2 is 2.00 bits per heavy atom. The lowest BCUT2D eigenvalue weighted by Gasteiger charge is -2.01. The first-order valence-electron chi connectivity index (χ1n) is 2.55. The van der Waals surface area contributed by atoms with E-state index in [1.807, 2.05) is 0 Å². The van der Waals surface area contributed by atoms with Crippen molar-refractivity contribution in [2.24, 2.45) is 0 Å². The zero-order chi connectivity index (χ0) is 6.78. The average Bonchev–Trinajstić information content (AvgIpc) is 1.67. The van der Waals surface area contributed by atoms with Crippen LogP contribution in [0.25, 0.3) is 0 Å². The molecule has 0 aromatic rings. The molecule has 0 aliphatic heterocycles. The topological polar surface area (TPSA) is 34.1 Å². The van der Waals surface area contributed by atoms with E-state index in [2.05, 4.69) is 6.92 Å². The molecule has 0 saturated heterocycles. The molecule has 0 aromatic carbocycles. The van der Waals surface area contributed by atoms with Crippen LogP contribution in [-0.2, 0) is 9.84 Å². The molecule has 0 fully saturated rings. The van der Waals surface area contributed by atoms with Crippen LogP contribution < -0.4 is 0 Å². The molecule has 1 radical (unpaired) electrons. The van der Waals surface area contributed by atoms with Gasteiger partial charge in [-0.3, -0.25) is 0 Å². The maximum atomic E-state index is 10.6. The van der Waals surface area contributed by atoms with Gasteiger partial charge in [0.2, 0.25) is 0 Å². The molecule has 0 heterocycles. The van der Waals surface area contributed by atoms with Gasteiger partial charge in [-0.25, -0.2) is 8.42 Å². The fourth-order valence-corrected chi connectivity index (χ4v) is 0.854. The zero-order valence-corrected chi connectivity index (χ0v) is 6.03. The van der Waals surface area contributed by atoms with E-state index in [1.54, 1.807) is 13.8 Å². The summed E-state index contributed by atoms with van der Waals surface area (Å²) in [4.78, 5) is 0. The molecule has 49 valence electrons. The van der Waals surface area contributed by atoms with Crippen molar-refractivity contribution in [3.05, 3.63) is 6.92 Å². The van der Waals surface area contributed by atoms with Crippen molar-refractivity contribution in [1.82, 2.24) is 0 Å². The van der Waals surface area contributed by atoms with Gasteiger partial charge in [0.05, 0.1) is 5.25 Å². The van der Waals surface area contributed by atoms with E-state index >= 15 is 0 Å². The van der Waals surface area contributed by atoms with Crippen molar-refractivity contribution in [3.63, 3.8) is 0 Å².